The van der Waals surface area contributed by atoms with E-state index in [0.29, 0.717) is 13.2 Å². The van der Waals surface area contributed by atoms with Crippen molar-refractivity contribution in [1.29, 1.82) is 0 Å². The summed E-state index contributed by atoms with van der Waals surface area (Å²) >= 11 is 0. The van der Waals surface area contributed by atoms with Crippen molar-refractivity contribution in [1.82, 2.24) is 4.90 Å². The molecule has 1 saturated carbocycles. The van der Waals surface area contributed by atoms with E-state index in [9.17, 15) is 14.7 Å². The molecule has 5 atom stereocenters. The van der Waals surface area contributed by atoms with Gasteiger partial charge < -0.3 is 14.7 Å². The first-order chi connectivity index (χ1) is 10.0. The number of hydrogen-bond donors (Lipinski definition) is 1. The number of carboxylic acids is 1. The van der Waals surface area contributed by atoms with Gasteiger partial charge in [0.25, 0.3) is 0 Å². The summed E-state index contributed by atoms with van der Waals surface area (Å²) in [4.78, 5) is 26.3. The third-order valence-corrected chi connectivity index (χ3v) is 4.97. The molecule has 2 rings (SSSR count). The van der Waals surface area contributed by atoms with Crippen LogP contribution >= 0.6 is 0 Å². The van der Waals surface area contributed by atoms with Gasteiger partial charge in [0.2, 0.25) is 5.91 Å². The molecule has 0 aromatic carbocycles. The number of methoxy groups -OCH3 is 1. The van der Waals surface area contributed by atoms with Gasteiger partial charge in [-0.05, 0) is 31.6 Å². The molecule has 2 aliphatic rings. The van der Waals surface area contributed by atoms with Gasteiger partial charge in [0.05, 0.1) is 18.4 Å². The Labute approximate surface area is 126 Å². The van der Waals surface area contributed by atoms with Crippen molar-refractivity contribution in [3.63, 3.8) is 0 Å². The molecule has 0 radical (unpaired) electrons. The third kappa shape index (κ3) is 2.98. The number of allylic oxidation sites excluding steroid dienone is 2. The first-order valence-corrected chi connectivity index (χ1v) is 7.71. The van der Waals surface area contributed by atoms with Gasteiger partial charge in [-0.2, -0.15) is 0 Å². The maximum atomic E-state index is 12.9. The quantitative estimate of drug-likeness (QED) is 0.727. The topological polar surface area (TPSA) is 66.8 Å². The molecule has 5 heteroatoms. The Hall–Kier alpha value is -1.36. The van der Waals surface area contributed by atoms with E-state index in [2.05, 4.69) is 0 Å². The average molecular weight is 295 g/mol. The van der Waals surface area contributed by atoms with Crippen LogP contribution in [0.2, 0.25) is 0 Å². The number of aliphatic carboxylic acids is 1. The van der Waals surface area contributed by atoms with E-state index in [0.717, 1.165) is 12.8 Å². The molecule has 1 N–H and O–H groups in total. The highest BCUT2D eigenvalue weighted by molar-refractivity contribution is 5.87. The molecule has 5 nitrogen and oxygen atoms in total. The van der Waals surface area contributed by atoms with Gasteiger partial charge in [-0.25, -0.2) is 0 Å². The molecule has 0 saturated heterocycles. The van der Waals surface area contributed by atoms with Crippen LogP contribution in [-0.2, 0) is 14.3 Å². The summed E-state index contributed by atoms with van der Waals surface area (Å²) in [6, 6.07) is 0.102. The van der Waals surface area contributed by atoms with Gasteiger partial charge in [0.1, 0.15) is 0 Å². The summed E-state index contributed by atoms with van der Waals surface area (Å²) in [5, 5.41) is 9.48. The van der Waals surface area contributed by atoms with E-state index in [1.54, 1.807) is 12.0 Å². The lowest BCUT2D eigenvalue weighted by atomic mass is 9.82. The van der Waals surface area contributed by atoms with Crippen molar-refractivity contribution in [3.05, 3.63) is 12.2 Å². The van der Waals surface area contributed by atoms with E-state index in [1.165, 1.54) is 0 Å². The van der Waals surface area contributed by atoms with Gasteiger partial charge in [0.15, 0.2) is 0 Å². The molecule has 0 aliphatic heterocycles. The van der Waals surface area contributed by atoms with Gasteiger partial charge in [-0.1, -0.05) is 19.1 Å². The van der Waals surface area contributed by atoms with Gasteiger partial charge in [-0.15, -0.1) is 0 Å². The Morgan fingerprint density at radius 1 is 1.33 bits per heavy atom. The molecule has 2 bridgehead atoms. The van der Waals surface area contributed by atoms with Gasteiger partial charge in [-0.3, -0.25) is 9.59 Å². The lowest BCUT2D eigenvalue weighted by Gasteiger charge is -2.34. The summed E-state index contributed by atoms with van der Waals surface area (Å²) < 4.78 is 5.09. The lowest BCUT2D eigenvalue weighted by Crippen LogP contribution is -2.47. The van der Waals surface area contributed by atoms with E-state index >= 15 is 0 Å². The molecule has 0 aromatic heterocycles. The Morgan fingerprint density at radius 3 is 2.48 bits per heavy atom. The van der Waals surface area contributed by atoms with Crippen LogP contribution in [0.1, 0.15) is 26.7 Å². The van der Waals surface area contributed by atoms with Crippen LogP contribution in [0.3, 0.4) is 0 Å². The molecule has 21 heavy (non-hydrogen) atoms. The largest absolute Gasteiger partial charge is 0.481 e. The van der Waals surface area contributed by atoms with Crippen molar-refractivity contribution < 1.29 is 19.4 Å². The molecule has 1 amide bonds. The first-order valence-electron chi connectivity index (χ1n) is 7.71. The van der Waals surface area contributed by atoms with Crippen molar-refractivity contribution in [2.75, 3.05) is 20.3 Å². The van der Waals surface area contributed by atoms with Crippen LogP contribution in [0.5, 0.6) is 0 Å². The molecule has 3 unspecified atom stereocenters. The number of hydrogen-bond acceptors (Lipinski definition) is 3. The number of carboxylic acid groups (broad SMARTS) is 1. The first kappa shape index (κ1) is 16.0. The zero-order valence-electron chi connectivity index (χ0n) is 13.0. The second kappa shape index (κ2) is 6.60. The third-order valence-electron chi connectivity index (χ3n) is 4.97. The maximum Gasteiger partial charge on any atom is 0.307 e. The summed E-state index contributed by atoms with van der Waals surface area (Å²) in [7, 11) is 1.61. The second-order valence-corrected chi connectivity index (χ2v) is 6.12. The molecular weight excluding hydrogens is 270 g/mol. The predicted molar refractivity (Wildman–Crippen MR) is 78.7 cm³/mol. The number of nitrogens with zero attached hydrogens (tertiary/aromatic N) is 1. The smallest absolute Gasteiger partial charge is 0.307 e. The number of carbonyl (C=O) groups excluding carboxylic acids is 1. The van der Waals surface area contributed by atoms with E-state index < -0.39 is 17.8 Å². The van der Waals surface area contributed by atoms with E-state index in [4.69, 9.17) is 4.74 Å². The molecule has 0 spiro atoms. The van der Waals surface area contributed by atoms with Crippen LogP contribution in [0.4, 0.5) is 0 Å². The Kier molecular flexibility index (Phi) is 5.04. The fourth-order valence-corrected chi connectivity index (χ4v) is 3.64. The number of carbonyl (C=O) groups is 2. The second-order valence-electron chi connectivity index (χ2n) is 6.12. The van der Waals surface area contributed by atoms with Crippen LogP contribution in [-0.4, -0.2) is 48.2 Å². The fraction of sp³-hybridized carbons (Fsp3) is 0.750. The van der Waals surface area contributed by atoms with Gasteiger partial charge >= 0.3 is 5.97 Å². The zero-order chi connectivity index (χ0) is 15.6. The minimum absolute atomic E-state index is 0.0163. The Bertz CT molecular complexity index is 434. The normalized spacial score (nSPS) is 31.4. The monoisotopic (exact) mass is 295 g/mol. The van der Waals surface area contributed by atoms with Crippen LogP contribution in [0.15, 0.2) is 12.2 Å². The average Bonchev–Trinajstić information content (AvgIpc) is 3.07. The highest BCUT2D eigenvalue weighted by Gasteiger charge is 2.52. The standard InChI is InChI=1S/C16H25NO4/c1-4-10(2)17(7-8-21-3)15(18)13-11-5-6-12(9-11)14(13)16(19)20/h5-6,10-14H,4,7-9H2,1-3H3,(H,19,20)/t10?,11?,12?,13-,14+/m0/s1. The highest BCUT2D eigenvalue weighted by atomic mass is 16.5. The van der Waals surface area contributed by atoms with E-state index in [-0.39, 0.29) is 23.8 Å². The molecule has 1 fully saturated rings. The van der Waals surface area contributed by atoms with Crippen molar-refractivity contribution in [2.45, 2.75) is 32.7 Å². The Morgan fingerprint density at radius 2 is 1.95 bits per heavy atom. The number of amides is 1. The Balaban J connectivity index is 2.19. The van der Waals surface area contributed by atoms with Crippen molar-refractivity contribution >= 4 is 11.9 Å². The predicted octanol–water partition coefficient (Wildman–Crippen LogP) is 1.78. The van der Waals surface area contributed by atoms with Gasteiger partial charge in [0, 0.05) is 19.7 Å². The summed E-state index contributed by atoms with van der Waals surface area (Å²) in [6.45, 7) is 5.04. The number of rotatable bonds is 7. The summed E-state index contributed by atoms with van der Waals surface area (Å²) in [5.74, 6) is -1.75. The van der Waals surface area contributed by atoms with E-state index in [1.807, 2.05) is 26.0 Å². The molecule has 0 aromatic rings. The number of ether oxygens (including phenoxy) is 1. The SMILES string of the molecule is CCC(C)N(CCOC)C(=O)[C@H]1C2C=CC(C2)[C@H]1C(=O)O. The van der Waals surface area contributed by atoms with Crippen LogP contribution < -0.4 is 0 Å². The van der Waals surface area contributed by atoms with Crippen molar-refractivity contribution in [3.8, 4) is 0 Å². The summed E-state index contributed by atoms with van der Waals surface area (Å²) in [5.41, 5.74) is 0. The minimum Gasteiger partial charge on any atom is -0.481 e. The molecule has 0 heterocycles. The highest BCUT2D eigenvalue weighted by Crippen LogP contribution is 2.48. The molecule has 2 aliphatic carbocycles. The van der Waals surface area contributed by atoms with Crippen molar-refractivity contribution in [2.24, 2.45) is 23.7 Å². The molecular formula is C16H25NO4. The number of fused-ring (bicyclic) bond motifs is 2. The zero-order valence-corrected chi connectivity index (χ0v) is 13.0. The maximum absolute atomic E-state index is 12.9. The lowest BCUT2D eigenvalue weighted by molar-refractivity contribution is -0.152. The van der Waals surface area contributed by atoms with Crippen LogP contribution in [0.25, 0.3) is 0 Å². The fourth-order valence-electron chi connectivity index (χ4n) is 3.64. The molecule has 118 valence electrons. The van der Waals surface area contributed by atoms with Crippen LogP contribution in [0, 0.1) is 23.7 Å². The summed E-state index contributed by atoms with van der Waals surface area (Å²) in [6.07, 6.45) is 5.64. The minimum atomic E-state index is -0.846.